The van der Waals surface area contributed by atoms with Crippen molar-refractivity contribution in [3.8, 4) is 12.3 Å². The van der Waals surface area contributed by atoms with Crippen LogP contribution in [0.5, 0.6) is 0 Å². The molecule has 5 rings (SSSR count). The monoisotopic (exact) mass is 599 g/mol. The van der Waals surface area contributed by atoms with Crippen LogP contribution in [0.15, 0.2) is 94.8 Å². The number of terminal acetylenes is 1. The smallest absolute Gasteiger partial charge is 0.261 e. The second-order valence-corrected chi connectivity index (χ2v) is 17.5. The van der Waals surface area contributed by atoms with Gasteiger partial charge in [-0.2, -0.15) is 0 Å². The lowest BCUT2D eigenvalue weighted by atomic mass is 9.80. The Morgan fingerprint density at radius 2 is 1.45 bits per heavy atom. The van der Waals surface area contributed by atoms with Crippen molar-refractivity contribution < 1.29 is 4.43 Å². The van der Waals surface area contributed by atoms with Crippen molar-refractivity contribution >= 4 is 46.0 Å². The molecule has 1 saturated carbocycles. The zero-order valence-corrected chi connectivity index (χ0v) is 25.9. The van der Waals surface area contributed by atoms with Crippen LogP contribution < -0.4 is 10.4 Å². The number of rotatable bonds is 7. The van der Waals surface area contributed by atoms with E-state index in [0.29, 0.717) is 5.92 Å². The summed E-state index contributed by atoms with van der Waals surface area (Å²) in [4.78, 5) is 5.09. The normalized spacial score (nSPS) is 19.3. The predicted octanol–water partition coefficient (Wildman–Crippen LogP) is 7.67. The van der Waals surface area contributed by atoms with Gasteiger partial charge in [0.15, 0.2) is 0 Å². The Balaban J connectivity index is 1.39. The fourth-order valence-electron chi connectivity index (χ4n) is 5.60. The summed E-state index contributed by atoms with van der Waals surface area (Å²) in [6, 6.07) is 30.0. The highest BCUT2D eigenvalue weighted by atomic mass is 79.9. The summed E-state index contributed by atoms with van der Waals surface area (Å²) in [7, 11) is -2.54. The number of thiazole rings is 1. The van der Waals surface area contributed by atoms with Gasteiger partial charge in [0.05, 0.1) is 16.1 Å². The summed E-state index contributed by atoms with van der Waals surface area (Å²) in [6.45, 7) is 9.10. The van der Waals surface area contributed by atoms with Gasteiger partial charge < -0.3 is 4.43 Å². The molecule has 1 heterocycles. The lowest BCUT2D eigenvalue weighted by Crippen LogP contribution is -2.68. The number of nitrogens with zero attached hydrogens (tertiary/aromatic N) is 1. The first-order chi connectivity index (χ1) is 18.2. The third-order valence-corrected chi connectivity index (χ3v) is 14.6. The van der Waals surface area contributed by atoms with Crippen LogP contribution >= 0.6 is 27.3 Å². The molecule has 0 bridgehead atoms. The van der Waals surface area contributed by atoms with Crippen LogP contribution in [0, 0.1) is 12.3 Å². The molecule has 3 aromatic carbocycles. The molecule has 1 unspecified atom stereocenters. The summed E-state index contributed by atoms with van der Waals surface area (Å²) in [6.07, 6.45) is 8.26. The van der Waals surface area contributed by atoms with Gasteiger partial charge in [0.1, 0.15) is 0 Å². The SMILES string of the molecule is C#CC(C)(c1ccc(Br)cc1)c1csc(C2CC(O[Si](c3ccccc3)(c3ccccc3)C(C)(C)C)C2)n1. The van der Waals surface area contributed by atoms with Crippen LogP contribution in [0.2, 0.25) is 5.04 Å². The first kappa shape index (κ1) is 27.1. The molecule has 194 valence electrons. The summed E-state index contributed by atoms with van der Waals surface area (Å²) < 4.78 is 8.36. The number of halogens is 1. The molecule has 0 radical (unpaired) electrons. The molecule has 1 fully saturated rings. The third-order valence-electron chi connectivity index (χ3n) is 7.95. The van der Waals surface area contributed by atoms with Gasteiger partial charge in [0, 0.05) is 21.9 Å². The maximum Gasteiger partial charge on any atom is 0.261 e. The molecule has 38 heavy (non-hydrogen) atoms. The average molecular weight is 601 g/mol. The fourth-order valence-corrected chi connectivity index (χ4v) is 11.6. The van der Waals surface area contributed by atoms with E-state index < -0.39 is 13.7 Å². The van der Waals surface area contributed by atoms with Crippen molar-refractivity contribution in [3.63, 3.8) is 0 Å². The van der Waals surface area contributed by atoms with E-state index in [9.17, 15) is 0 Å². The van der Waals surface area contributed by atoms with Gasteiger partial charge in [-0.05, 0) is 52.9 Å². The summed E-state index contributed by atoms with van der Waals surface area (Å²) >= 11 is 5.26. The Kier molecular flexibility index (Phi) is 7.54. The molecule has 0 saturated heterocycles. The Bertz CT molecular complexity index is 1380. The molecule has 2 nitrogen and oxygen atoms in total. The van der Waals surface area contributed by atoms with Gasteiger partial charge in [0.2, 0.25) is 0 Å². The molecule has 0 amide bonds. The quantitative estimate of drug-likeness (QED) is 0.161. The van der Waals surface area contributed by atoms with Gasteiger partial charge in [-0.3, -0.25) is 0 Å². The van der Waals surface area contributed by atoms with E-state index in [0.717, 1.165) is 28.6 Å². The number of benzene rings is 3. The topological polar surface area (TPSA) is 22.1 Å². The first-order valence-corrected chi connectivity index (χ1v) is 16.7. The van der Waals surface area contributed by atoms with Gasteiger partial charge in [-0.1, -0.05) is 115 Å². The molecule has 1 aliphatic rings. The molecule has 0 aliphatic heterocycles. The van der Waals surface area contributed by atoms with E-state index in [1.54, 1.807) is 11.3 Å². The lowest BCUT2D eigenvalue weighted by Gasteiger charge is -2.48. The Morgan fingerprint density at radius 3 is 1.95 bits per heavy atom. The Hall–Kier alpha value is -2.49. The van der Waals surface area contributed by atoms with Crippen LogP contribution in [0.25, 0.3) is 0 Å². The van der Waals surface area contributed by atoms with Crippen molar-refractivity contribution in [2.24, 2.45) is 0 Å². The maximum absolute atomic E-state index is 7.32. The van der Waals surface area contributed by atoms with E-state index in [4.69, 9.17) is 15.8 Å². The summed E-state index contributed by atoms with van der Waals surface area (Å²) in [5.41, 5.74) is 1.49. The largest absolute Gasteiger partial charge is 0.404 e. The highest BCUT2D eigenvalue weighted by molar-refractivity contribution is 9.10. The second kappa shape index (κ2) is 10.6. The van der Waals surface area contributed by atoms with E-state index >= 15 is 0 Å². The van der Waals surface area contributed by atoms with E-state index in [-0.39, 0.29) is 11.1 Å². The third kappa shape index (κ3) is 4.84. The summed E-state index contributed by atoms with van der Waals surface area (Å²) in [5, 5.41) is 5.96. The van der Waals surface area contributed by atoms with Crippen LogP contribution in [0.1, 0.15) is 62.7 Å². The molecule has 0 spiro atoms. The molecule has 1 aromatic heterocycles. The Labute approximate surface area is 240 Å². The molecule has 4 aromatic rings. The van der Waals surface area contributed by atoms with Gasteiger partial charge in [-0.25, -0.2) is 4.98 Å². The zero-order valence-electron chi connectivity index (χ0n) is 22.4. The van der Waals surface area contributed by atoms with Crippen LogP contribution in [-0.4, -0.2) is 19.4 Å². The standard InChI is InChI=1S/C33H34BrNOSSi/c1-6-33(5,25-17-19-26(34)20-18-25)30-23-37-31(35-30)24-21-27(22-24)36-38(32(2,3)4,28-13-9-7-10-14-28)29-15-11-8-12-16-29/h1,7-20,23-24,27H,21-22H2,2-5H3. The van der Waals surface area contributed by atoms with Gasteiger partial charge in [0.25, 0.3) is 8.32 Å². The number of hydrogen-bond donors (Lipinski definition) is 0. The molecule has 1 aliphatic carbocycles. The van der Waals surface area contributed by atoms with Gasteiger partial charge in [-0.15, -0.1) is 17.8 Å². The minimum Gasteiger partial charge on any atom is -0.404 e. The minimum atomic E-state index is -2.54. The fraction of sp³-hybridized carbons (Fsp3) is 0.303. The second-order valence-electron chi connectivity index (χ2n) is 11.4. The van der Waals surface area contributed by atoms with Crippen LogP contribution in [0.3, 0.4) is 0 Å². The van der Waals surface area contributed by atoms with Crippen molar-refractivity contribution in [2.75, 3.05) is 0 Å². The summed E-state index contributed by atoms with van der Waals surface area (Å²) in [5.74, 6) is 3.43. The Morgan fingerprint density at radius 1 is 0.895 bits per heavy atom. The highest BCUT2D eigenvalue weighted by Gasteiger charge is 2.53. The van der Waals surface area contributed by atoms with Crippen molar-refractivity contribution in [1.29, 1.82) is 0 Å². The van der Waals surface area contributed by atoms with Crippen molar-refractivity contribution in [3.05, 3.63) is 111 Å². The average Bonchev–Trinajstić information content (AvgIpc) is 3.39. The van der Waals surface area contributed by atoms with E-state index in [2.05, 4.69) is 128 Å². The number of aromatic nitrogens is 1. The van der Waals surface area contributed by atoms with Crippen LogP contribution in [-0.2, 0) is 9.84 Å². The van der Waals surface area contributed by atoms with Crippen molar-refractivity contribution in [1.82, 2.24) is 4.98 Å². The molecular formula is C33H34BrNOSSi. The first-order valence-electron chi connectivity index (χ1n) is 13.2. The van der Waals surface area contributed by atoms with Gasteiger partial charge >= 0.3 is 0 Å². The van der Waals surface area contributed by atoms with E-state index in [1.807, 2.05) is 12.1 Å². The molecule has 1 atom stereocenters. The lowest BCUT2D eigenvalue weighted by molar-refractivity contribution is 0.0883. The molecule has 0 N–H and O–H groups in total. The molecular weight excluding hydrogens is 566 g/mol. The predicted molar refractivity (Wildman–Crippen MR) is 166 cm³/mol. The zero-order chi connectivity index (χ0) is 27.0. The maximum atomic E-state index is 7.32. The van der Waals surface area contributed by atoms with E-state index in [1.165, 1.54) is 15.4 Å². The highest BCUT2D eigenvalue weighted by Crippen LogP contribution is 2.46. The molecule has 5 heteroatoms. The minimum absolute atomic E-state index is 0.0194. The van der Waals surface area contributed by atoms with Crippen LogP contribution in [0.4, 0.5) is 0 Å². The number of hydrogen-bond acceptors (Lipinski definition) is 3. The van der Waals surface area contributed by atoms with Crippen molar-refractivity contribution in [2.45, 2.75) is 63.0 Å².